The van der Waals surface area contributed by atoms with Crippen LogP contribution in [0.2, 0.25) is 0 Å². The molecular formula is C17H26N2O3. The van der Waals surface area contributed by atoms with E-state index in [1.807, 2.05) is 29.2 Å². The van der Waals surface area contributed by atoms with E-state index in [-0.39, 0.29) is 12.5 Å². The number of hydrogen-bond donors (Lipinski definition) is 1. The molecule has 0 bridgehead atoms. The third-order valence-electron chi connectivity index (χ3n) is 3.96. The Morgan fingerprint density at radius 2 is 1.77 bits per heavy atom. The summed E-state index contributed by atoms with van der Waals surface area (Å²) in [5, 5.41) is 0. The first-order valence-electron chi connectivity index (χ1n) is 8.06. The lowest BCUT2D eigenvalue weighted by atomic mass is 9.97. The molecule has 1 aromatic carbocycles. The summed E-state index contributed by atoms with van der Waals surface area (Å²) in [6.45, 7) is 5.14. The number of ether oxygens (including phenoxy) is 2. The van der Waals surface area contributed by atoms with Crippen LogP contribution in [-0.2, 0) is 4.79 Å². The van der Waals surface area contributed by atoms with Crippen molar-refractivity contribution in [1.29, 1.82) is 0 Å². The molecule has 5 heteroatoms. The van der Waals surface area contributed by atoms with Crippen molar-refractivity contribution in [2.75, 3.05) is 32.8 Å². The fourth-order valence-electron chi connectivity index (χ4n) is 2.51. The summed E-state index contributed by atoms with van der Waals surface area (Å²) >= 11 is 0. The Hall–Kier alpha value is -1.75. The van der Waals surface area contributed by atoms with Crippen molar-refractivity contribution in [2.45, 2.75) is 26.2 Å². The van der Waals surface area contributed by atoms with E-state index in [9.17, 15) is 4.79 Å². The molecule has 2 rings (SSSR count). The third-order valence-corrected chi connectivity index (χ3v) is 3.96. The molecule has 1 saturated heterocycles. The molecule has 0 unspecified atom stereocenters. The molecule has 1 fully saturated rings. The quantitative estimate of drug-likeness (QED) is 0.837. The van der Waals surface area contributed by atoms with E-state index in [1.54, 1.807) is 0 Å². The molecule has 122 valence electrons. The summed E-state index contributed by atoms with van der Waals surface area (Å²) in [6, 6.07) is 7.39. The van der Waals surface area contributed by atoms with Gasteiger partial charge < -0.3 is 20.1 Å². The predicted molar refractivity (Wildman–Crippen MR) is 86.1 cm³/mol. The van der Waals surface area contributed by atoms with Crippen molar-refractivity contribution in [1.82, 2.24) is 4.90 Å². The molecular weight excluding hydrogens is 280 g/mol. The number of nitrogens with two attached hydrogens (primary N) is 1. The lowest BCUT2D eigenvalue weighted by Crippen LogP contribution is -2.42. The lowest BCUT2D eigenvalue weighted by molar-refractivity contribution is -0.134. The zero-order valence-corrected chi connectivity index (χ0v) is 13.3. The summed E-state index contributed by atoms with van der Waals surface area (Å²) in [5.41, 5.74) is 5.66. The predicted octanol–water partition coefficient (Wildman–Crippen LogP) is 2.05. The Morgan fingerprint density at radius 3 is 2.32 bits per heavy atom. The van der Waals surface area contributed by atoms with Crippen molar-refractivity contribution in [3.63, 3.8) is 0 Å². The Kier molecular flexibility index (Phi) is 6.52. The number of nitrogens with zero attached hydrogens (tertiary/aromatic N) is 1. The van der Waals surface area contributed by atoms with Gasteiger partial charge in [0, 0.05) is 13.1 Å². The minimum absolute atomic E-state index is 0.0433. The van der Waals surface area contributed by atoms with Crippen molar-refractivity contribution < 1.29 is 14.3 Å². The second kappa shape index (κ2) is 8.63. The molecule has 2 N–H and O–H groups in total. The first-order valence-corrected chi connectivity index (χ1v) is 8.06. The minimum Gasteiger partial charge on any atom is -0.494 e. The first kappa shape index (κ1) is 16.6. The zero-order valence-electron chi connectivity index (χ0n) is 13.3. The van der Waals surface area contributed by atoms with Crippen molar-refractivity contribution in [2.24, 2.45) is 11.7 Å². The number of benzene rings is 1. The van der Waals surface area contributed by atoms with E-state index < -0.39 is 0 Å². The molecule has 0 radical (unpaired) electrons. The van der Waals surface area contributed by atoms with Gasteiger partial charge in [0.2, 0.25) is 0 Å². The van der Waals surface area contributed by atoms with Crippen molar-refractivity contribution in [3.05, 3.63) is 24.3 Å². The fraction of sp³-hybridized carbons (Fsp3) is 0.588. The summed E-state index contributed by atoms with van der Waals surface area (Å²) in [5.74, 6) is 2.11. The smallest absolute Gasteiger partial charge is 0.260 e. The summed E-state index contributed by atoms with van der Waals surface area (Å²) in [4.78, 5) is 14.0. The molecule has 0 aromatic heterocycles. The second-order valence-corrected chi connectivity index (χ2v) is 5.67. The molecule has 5 nitrogen and oxygen atoms in total. The number of carbonyl (C=O) groups is 1. The van der Waals surface area contributed by atoms with E-state index in [2.05, 4.69) is 6.92 Å². The number of likely N-dealkylation sites (tertiary alicyclic amines) is 1. The topological polar surface area (TPSA) is 64.8 Å². The van der Waals surface area contributed by atoms with Gasteiger partial charge in [0.25, 0.3) is 5.91 Å². The summed E-state index contributed by atoms with van der Waals surface area (Å²) in [6.07, 6.45) is 2.96. The average molecular weight is 306 g/mol. The fourth-order valence-corrected chi connectivity index (χ4v) is 2.51. The lowest BCUT2D eigenvalue weighted by Gasteiger charge is -2.31. The number of piperidine rings is 1. The van der Waals surface area contributed by atoms with Gasteiger partial charge in [0.15, 0.2) is 6.61 Å². The highest BCUT2D eigenvalue weighted by atomic mass is 16.5. The van der Waals surface area contributed by atoms with Crippen LogP contribution in [0.1, 0.15) is 26.2 Å². The van der Waals surface area contributed by atoms with Crippen LogP contribution >= 0.6 is 0 Å². The molecule has 1 aliphatic rings. The van der Waals surface area contributed by atoms with Crippen LogP contribution in [0.25, 0.3) is 0 Å². The number of hydrogen-bond acceptors (Lipinski definition) is 4. The van der Waals surface area contributed by atoms with Crippen LogP contribution in [0.5, 0.6) is 11.5 Å². The van der Waals surface area contributed by atoms with Crippen LogP contribution in [0, 0.1) is 5.92 Å². The molecule has 1 aliphatic heterocycles. The first-order chi connectivity index (χ1) is 10.7. The molecule has 22 heavy (non-hydrogen) atoms. The maximum absolute atomic E-state index is 12.1. The van der Waals surface area contributed by atoms with Gasteiger partial charge in [0.1, 0.15) is 11.5 Å². The second-order valence-electron chi connectivity index (χ2n) is 5.67. The molecule has 0 spiro atoms. The summed E-state index contributed by atoms with van der Waals surface area (Å²) < 4.78 is 11.1. The zero-order chi connectivity index (χ0) is 15.8. The van der Waals surface area contributed by atoms with Gasteiger partial charge in [-0.05, 0) is 56.0 Å². The van der Waals surface area contributed by atoms with Gasteiger partial charge in [-0.15, -0.1) is 0 Å². The molecule has 1 heterocycles. The van der Waals surface area contributed by atoms with Crippen molar-refractivity contribution in [3.8, 4) is 11.5 Å². The molecule has 0 saturated carbocycles. The maximum Gasteiger partial charge on any atom is 0.260 e. The number of rotatable bonds is 7. The minimum atomic E-state index is 0.0433. The monoisotopic (exact) mass is 306 g/mol. The van der Waals surface area contributed by atoms with Crippen LogP contribution in [-0.4, -0.2) is 43.7 Å². The van der Waals surface area contributed by atoms with E-state index in [1.165, 1.54) is 0 Å². The molecule has 1 amide bonds. The summed E-state index contributed by atoms with van der Waals surface area (Å²) in [7, 11) is 0. The van der Waals surface area contributed by atoms with Gasteiger partial charge in [-0.25, -0.2) is 0 Å². The van der Waals surface area contributed by atoms with Crippen LogP contribution in [0.4, 0.5) is 0 Å². The van der Waals surface area contributed by atoms with E-state index in [0.29, 0.717) is 24.8 Å². The third kappa shape index (κ3) is 4.91. The van der Waals surface area contributed by atoms with Gasteiger partial charge in [0.05, 0.1) is 6.61 Å². The molecule has 0 atom stereocenters. The van der Waals surface area contributed by atoms with E-state index >= 15 is 0 Å². The highest BCUT2D eigenvalue weighted by Crippen LogP contribution is 2.19. The normalized spacial score (nSPS) is 15.6. The van der Waals surface area contributed by atoms with Crippen molar-refractivity contribution >= 4 is 5.91 Å². The van der Waals surface area contributed by atoms with E-state index in [0.717, 1.165) is 38.1 Å². The Morgan fingerprint density at radius 1 is 1.18 bits per heavy atom. The van der Waals surface area contributed by atoms with Crippen LogP contribution in [0.15, 0.2) is 24.3 Å². The highest BCUT2D eigenvalue weighted by Gasteiger charge is 2.22. The molecule has 0 aliphatic carbocycles. The van der Waals surface area contributed by atoms with E-state index in [4.69, 9.17) is 15.2 Å². The SMILES string of the molecule is CCCOc1ccc(OCC(=O)N2CCC(CN)CC2)cc1. The van der Waals surface area contributed by atoms with Crippen LogP contribution in [0.3, 0.4) is 0 Å². The molecule has 1 aromatic rings. The number of amides is 1. The number of carbonyl (C=O) groups excluding carboxylic acids is 1. The van der Waals surface area contributed by atoms with Gasteiger partial charge in [-0.2, -0.15) is 0 Å². The Bertz CT molecular complexity index is 453. The van der Waals surface area contributed by atoms with Gasteiger partial charge in [-0.3, -0.25) is 4.79 Å². The maximum atomic E-state index is 12.1. The Labute approximate surface area is 132 Å². The largest absolute Gasteiger partial charge is 0.494 e. The average Bonchev–Trinajstić information content (AvgIpc) is 2.58. The highest BCUT2D eigenvalue weighted by molar-refractivity contribution is 5.77. The van der Waals surface area contributed by atoms with Gasteiger partial charge >= 0.3 is 0 Å². The Balaban J connectivity index is 1.74. The van der Waals surface area contributed by atoms with Gasteiger partial charge in [-0.1, -0.05) is 6.92 Å². The standard InChI is InChI=1S/C17H26N2O3/c1-2-11-21-15-3-5-16(6-4-15)22-13-17(20)19-9-7-14(12-18)8-10-19/h3-6,14H,2,7-13,18H2,1H3. The van der Waals surface area contributed by atoms with Crippen LogP contribution < -0.4 is 15.2 Å².